The average molecular weight is 322 g/mol. The van der Waals surface area contributed by atoms with Crippen molar-refractivity contribution < 1.29 is 18.8 Å². The molecule has 0 unspecified atom stereocenters. The van der Waals surface area contributed by atoms with Crippen LogP contribution in [0.25, 0.3) is 0 Å². The highest BCUT2D eigenvalue weighted by atomic mass is 16.5. The molecule has 1 aromatic carbocycles. The summed E-state index contributed by atoms with van der Waals surface area (Å²) in [6.45, 7) is 11.9. The third-order valence-corrected chi connectivity index (χ3v) is 4.34. The van der Waals surface area contributed by atoms with E-state index in [9.17, 15) is 4.79 Å². The van der Waals surface area contributed by atoms with Crippen LogP contribution in [0, 0.1) is 0 Å². The Kier molecular flexibility index (Phi) is 8.89. The van der Waals surface area contributed by atoms with Gasteiger partial charge in [-0.1, -0.05) is 26.0 Å². The molecule has 0 radical (unpaired) electrons. The lowest BCUT2D eigenvalue weighted by molar-refractivity contribution is -0.926. The van der Waals surface area contributed by atoms with Crippen LogP contribution in [0.5, 0.6) is 0 Å². The molecule has 0 fully saturated rings. The van der Waals surface area contributed by atoms with E-state index in [1.54, 1.807) is 13.2 Å². The molecule has 1 rings (SSSR count). The third kappa shape index (κ3) is 6.32. The molecule has 130 valence electrons. The molecule has 0 atom stereocenters. The maximum atomic E-state index is 12.2. The third-order valence-electron chi connectivity index (χ3n) is 4.34. The number of hydrogen-bond donors (Lipinski definition) is 0. The Morgan fingerprint density at radius 3 is 2.35 bits per heavy atom. The molecule has 0 N–H and O–H groups in total. The van der Waals surface area contributed by atoms with Crippen LogP contribution in [0.15, 0.2) is 24.3 Å². The fourth-order valence-corrected chi connectivity index (χ4v) is 3.13. The van der Waals surface area contributed by atoms with Gasteiger partial charge in [-0.25, -0.2) is 4.79 Å². The summed E-state index contributed by atoms with van der Waals surface area (Å²) in [6, 6.07) is 7.45. The molecule has 0 amide bonds. The topological polar surface area (TPSA) is 35.5 Å². The van der Waals surface area contributed by atoms with Crippen LogP contribution in [-0.4, -0.2) is 50.3 Å². The zero-order valence-corrected chi connectivity index (χ0v) is 15.1. The van der Waals surface area contributed by atoms with E-state index in [1.807, 2.05) is 18.2 Å². The van der Waals surface area contributed by atoms with Gasteiger partial charge in [0.25, 0.3) is 0 Å². The first-order chi connectivity index (χ1) is 11.1. The van der Waals surface area contributed by atoms with Crippen molar-refractivity contribution in [3.8, 4) is 0 Å². The summed E-state index contributed by atoms with van der Waals surface area (Å²) in [5.41, 5.74) is 1.58. The van der Waals surface area contributed by atoms with E-state index in [0.29, 0.717) is 18.8 Å². The van der Waals surface area contributed by atoms with Gasteiger partial charge in [-0.05, 0) is 37.5 Å². The fourth-order valence-electron chi connectivity index (χ4n) is 3.13. The van der Waals surface area contributed by atoms with E-state index in [0.717, 1.165) is 49.1 Å². The summed E-state index contributed by atoms with van der Waals surface area (Å²) in [6.07, 6.45) is 2.31. The van der Waals surface area contributed by atoms with Gasteiger partial charge in [0.15, 0.2) is 0 Å². The second-order valence-corrected chi connectivity index (χ2v) is 6.10. The zero-order valence-electron chi connectivity index (χ0n) is 15.1. The summed E-state index contributed by atoms with van der Waals surface area (Å²) < 4.78 is 11.6. The van der Waals surface area contributed by atoms with Crippen molar-refractivity contribution in [2.24, 2.45) is 0 Å². The molecular weight excluding hydrogens is 290 g/mol. The van der Waals surface area contributed by atoms with Crippen molar-refractivity contribution in [3.63, 3.8) is 0 Å². The van der Waals surface area contributed by atoms with Gasteiger partial charge in [-0.15, -0.1) is 0 Å². The Morgan fingerprint density at radius 2 is 1.78 bits per heavy atom. The van der Waals surface area contributed by atoms with Crippen molar-refractivity contribution in [3.05, 3.63) is 35.4 Å². The summed E-state index contributed by atoms with van der Waals surface area (Å²) in [5.74, 6) is -0.245. The predicted octanol–water partition coefficient (Wildman–Crippen LogP) is 3.65. The van der Waals surface area contributed by atoms with Crippen molar-refractivity contribution in [2.45, 2.75) is 40.2 Å². The highest BCUT2D eigenvalue weighted by molar-refractivity contribution is 5.89. The molecule has 0 saturated heterocycles. The van der Waals surface area contributed by atoms with Crippen molar-refractivity contribution in [2.75, 3.05) is 39.9 Å². The van der Waals surface area contributed by atoms with Gasteiger partial charge >= 0.3 is 5.97 Å². The van der Waals surface area contributed by atoms with E-state index >= 15 is 0 Å². The van der Waals surface area contributed by atoms with Crippen molar-refractivity contribution in [1.29, 1.82) is 0 Å². The summed E-state index contributed by atoms with van der Waals surface area (Å²) >= 11 is 0. The predicted molar refractivity (Wildman–Crippen MR) is 93.4 cm³/mol. The van der Waals surface area contributed by atoms with Gasteiger partial charge in [-0.3, -0.25) is 0 Å². The number of quaternary nitrogens is 1. The number of carbonyl (C=O) groups is 1. The normalized spacial score (nSPS) is 11.5. The zero-order chi connectivity index (χ0) is 17.1. The Balaban J connectivity index is 2.59. The van der Waals surface area contributed by atoms with Crippen molar-refractivity contribution in [1.82, 2.24) is 0 Å². The van der Waals surface area contributed by atoms with Gasteiger partial charge in [0, 0.05) is 7.11 Å². The molecule has 0 aliphatic carbocycles. The van der Waals surface area contributed by atoms with E-state index < -0.39 is 0 Å². The minimum Gasteiger partial charge on any atom is -0.456 e. The molecule has 0 aliphatic heterocycles. The van der Waals surface area contributed by atoms with Crippen LogP contribution in [-0.2, 0) is 16.1 Å². The fraction of sp³-hybridized carbons (Fsp3) is 0.632. The standard InChI is InChI=1S/C19H32NO3/c1-5-11-20(7-3,12-6-2)13-14-23-19(21)18-10-8-9-17(15-18)16-22-4/h8-10,15H,5-7,11-14,16H2,1-4H3/q+1. The number of hydrogen-bond acceptors (Lipinski definition) is 3. The number of nitrogens with zero attached hydrogens (tertiary/aromatic N) is 1. The first kappa shape index (κ1) is 19.7. The molecule has 0 spiro atoms. The number of rotatable bonds is 11. The molecule has 4 heteroatoms. The monoisotopic (exact) mass is 322 g/mol. The average Bonchev–Trinajstić information content (AvgIpc) is 2.55. The van der Waals surface area contributed by atoms with Crippen LogP contribution in [0.4, 0.5) is 0 Å². The van der Waals surface area contributed by atoms with Gasteiger partial charge < -0.3 is 14.0 Å². The Bertz CT molecular complexity index is 467. The lowest BCUT2D eigenvalue weighted by atomic mass is 10.1. The first-order valence-corrected chi connectivity index (χ1v) is 8.70. The highest BCUT2D eigenvalue weighted by Crippen LogP contribution is 2.11. The minimum atomic E-state index is -0.245. The maximum absolute atomic E-state index is 12.2. The molecule has 0 aromatic heterocycles. The minimum absolute atomic E-state index is 0.245. The second-order valence-electron chi connectivity index (χ2n) is 6.10. The number of ether oxygens (including phenoxy) is 2. The van der Waals surface area contributed by atoms with Crippen LogP contribution < -0.4 is 0 Å². The number of benzene rings is 1. The number of esters is 1. The Hall–Kier alpha value is -1.39. The van der Waals surface area contributed by atoms with Gasteiger partial charge in [-0.2, -0.15) is 0 Å². The lowest BCUT2D eigenvalue weighted by Gasteiger charge is -2.37. The number of likely N-dealkylation sites (N-methyl/N-ethyl adjacent to an activating group) is 1. The second kappa shape index (κ2) is 10.4. The van der Waals surface area contributed by atoms with Crippen LogP contribution >= 0.6 is 0 Å². The molecule has 0 heterocycles. The van der Waals surface area contributed by atoms with Crippen molar-refractivity contribution >= 4 is 5.97 Å². The first-order valence-electron chi connectivity index (χ1n) is 8.70. The lowest BCUT2D eigenvalue weighted by Crippen LogP contribution is -2.51. The molecule has 1 aromatic rings. The molecule has 4 nitrogen and oxygen atoms in total. The highest BCUT2D eigenvalue weighted by Gasteiger charge is 2.23. The van der Waals surface area contributed by atoms with E-state index in [1.165, 1.54) is 0 Å². The van der Waals surface area contributed by atoms with E-state index in [4.69, 9.17) is 9.47 Å². The molecule has 0 saturated carbocycles. The van der Waals surface area contributed by atoms with E-state index in [-0.39, 0.29) is 5.97 Å². The van der Waals surface area contributed by atoms with Crippen LogP contribution in [0.3, 0.4) is 0 Å². The van der Waals surface area contributed by atoms with Crippen LogP contribution in [0.2, 0.25) is 0 Å². The Labute approximate surface area is 141 Å². The SMILES string of the molecule is CCC[N+](CC)(CCC)CCOC(=O)c1cccc(COC)c1. The largest absolute Gasteiger partial charge is 0.456 e. The number of carbonyl (C=O) groups excluding carboxylic acids is 1. The summed E-state index contributed by atoms with van der Waals surface area (Å²) in [5, 5.41) is 0. The van der Waals surface area contributed by atoms with Gasteiger partial charge in [0.1, 0.15) is 13.2 Å². The maximum Gasteiger partial charge on any atom is 0.338 e. The summed E-state index contributed by atoms with van der Waals surface area (Å²) in [7, 11) is 1.65. The molecular formula is C19H32NO3+. The smallest absolute Gasteiger partial charge is 0.338 e. The molecule has 0 aliphatic rings. The van der Waals surface area contributed by atoms with Crippen LogP contribution in [0.1, 0.15) is 49.5 Å². The van der Waals surface area contributed by atoms with Gasteiger partial charge in [0.2, 0.25) is 0 Å². The Morgan fingerprint density at radius 1 is 1.09 bits per heavy atom. The van der Waals surface area contributed by atoms with E-state index in [2.05, 4.69) is 20.8 Å². The molecule has 23 heavy (non-hydrogen) atoms. The molecule has 0 bridgehead atoms. The summed E-state index contributed by atoms with van der Waals surface area (Å²) in [4.78, 5) is 12.2. The number of methoxy groups -OCH3 is 1. The quantitative estimate of drug-likeness (QED) is 0.461. The van der Waals surface area contributed by atoms with Gasteiger partial charge in [0.05, 0.1) is 31.8 Å².